The molecule has 2 aromatic carbocycles. The average Bonchev–Trinajstić information content (AvgIpc) is 3.23. The molecule has 0 atom stereocenters. The van der Waals surface area contributed by atoms with Gasteiger partial charge in [0.25, 0.3) is 11.5 Å². The number of fused-ring (bicyclic) bond motifs is 2. The van der Waals surface area contributed by atoms with Gasteiger partial charge in [0.2, 0.25) is 0 Å². The first-order chi connectivity index (χ1) is 16.5. The number of carbonyl (C=O) groups is 1. The fourth-order valence-electron chi connectivity index (χ4n) is 4.87. The second-order valence-corrected chi connectivity index (χ2v) is 11.2. The number of pyridine rings is 1. The Morgan fingerprint density at radius 1 is 1.14 bits per heavy atom. The summed E-state index contributed by atoms with van der Waals surface area (Å²) in [6, 6.07) is 10.5. The van der Waals surface area contributed by atoms with Crippen LogP contribution in [0, 0.1) is 6.92 Å². The summed E-state index contributed by atoms with van der Waals surface area (Å²) in [6.45, 7) is 3.05. The van der Waals surface area contributed by atoms with E-state index in [4.69, 9.17) is 10.2 Å². The number of carbonyl (C=O) groups excluding carboxylic acids is 1. The molecule has 0 spiro atoms. The zero-order valence-corrected chi connectivity index (χ0v) is 20.6. The smallest absolute Gasteiger partial charge is 0.265 e. The Morgan fingerprint density at radius 2 is 1.86 bits per heavy atom. The van der Waals surface area contributed by atoms with Gasteiger partial charge in [-0.15, -0.1) is 0 Å². The predicted molar refractivity (Wildman–Crippen MR) is 134 cm³/mol. The summed E-state index contributed by atoms with van der Waals surface area (Å²) >= 11 is 0. The van der Waals surface area contributed by atoms with E-state index in [1.807, 2.05) is 30.0 Å². The van der Waals surface area contributed by atoms with E-state index in [-0.39, 0.29) is 16.4 Å². The molecular weight excluding hydrogens is 468 g/mol. The van der Waals surface area contributed by atoms with E-state index in [0.717, 1.165) is 22.9 Å². The zero-order chi connectivity index (χ0) is 25.1. The normalized spacial score (nSPS) is 15.2. The first-order valence-electron chi connectivity index (χ1n) is 11.3. The number of primary amides is 1. The molecule has 182 valence electrons. The maximum atomic E-state index is 13.1. The number of piperidine rings is 1. The topological polar surface area (TPSA) is 128 Å². The fourth-order valence-corrected chi connectivity index (χ4v) is 5.52. The van der Waals surface area contributed by atoms with Crippen molar-refractivity contribution in [2.24, 2.45) is 12.8 Å². The van der Waals surface area contributed by atoms with Gasteiger partial charge in [-0.3, -0.25) is 9.59 Å². The van der Waals surface area contributed by atoms with Crippen molar-refractivity contribution in [2.45, 2.75) is 30.6 Å². The van der Waals surface area contributed by atoms with E-state index in [1.165, 1.54) is 16.7 Å². The van der Waals surface area contributed by atoms with Gasteiger partial charge in [0.05, 0.1) is 16.1 Å². The number of rotatable bonds is 4. The summed E-state index contributed by atoms with van der Waals surface area (Å²) in [6.07, 6.45) is 2.50. The third kappa shape index (κ3) is 3.97. The molecule has 2 aromatic heterocycles. The summed E-state index contributed by atoms with van der Waals surface area (Å²) in [7, 11) is -1.96. The number of sulfone groups is 1. The van der Waals surface area contributed by atoms with Crippen molar-refractivity contribution in [3.63, 3.8) is 0 Å². The van der Waals surface area contributed by atoms with Gasteiger partial charge < -0.3 is 19.6 Å². The van der Waals surface area contributed by atoms with Gasteiger partial charge >= 0.3 is 0 Å². The number of hydrogen-bond donors (Lipinski definition) is 1. The Kier molecular flexibility index (Phi) is 5.43. The van der Waals surface area contributed by atoms with Crippen molar-refractivity contribution in [3.05, 3.63) is 63.8 Å². The van der Waals surface area contributed by atoms with Crippen LogP contribution in [-0.2, 0) is 16.9 Å². The van der Waals surface area contributed by atoms with E-state index < -0.39 is 21.3 Å². The standard InChI is InChI=1S/C25H26N4O5S/c1-14-4-7-20-18(12-14)27-24(34-20)15-8-10-29(11-9-15)22-17-13-16(35(3,32)33)5-6-19(17)28(2)25(31)21(22)23(26)30/h4-7,12-13,15H,8-11H2,1-3H3,(H2,26,30). The summed E-state index contributed by atoms with van der Waals surface area (Å²) in [4.78, 5) is 32.2. The van der Waals surface area contributed by atoms with Crippen molar-refractivity contribution in [3.8, 4) is 0 Å². The molecule has 0 aliphatic carbocycles. The molecule has 0 unspecified atom stereocenters. The maximum absolute atomic E-state index is 13.1. The lowest BCUT2D eigenvalue weighted by atomic mass is 9.95. The minimum absolute atomic E-state index is 0.0837. The van der Waals surface area contributed by atoms with Crippen LogP contribution in [0.25, 0.3) is 22.0 Å². The lowest BCUT2D eigenvalue weighted by Crippen LogP contribution is -2.38. The monoisotopic (exact) mass is 494 g/mol. The molecular formula is C25H26N4O5S. The van der Waals surface area contributed by atoms with Crippen molar-refractivity contribution in [1.29, 1.82) is 0 Å². The highest BCUT2D eigenvalue weighted by atomic mass is 32.2. The number of aryl methyl sites for hydroxylation is 2. The number of aromatic nitrogens is 2. The van der Waals surface area contributed by atoms with Crippen LogP contribution in [-0.4, -0.2) is 43.2 Å². The Balaban J connectivity index is 1.57. The Labute approximate surface area is 202 Å². The Morgan fingerprint density at radius 3 is 2.51 bits per heavy atom. The number of amides is 1. The van der Waals surface area contributed by atoms with Gasteiger partial charge in [0, 0.05) is 37.7 Å². The molecule has 9 nitrogen and oxygen atoms in total. The van der Waals surface area contributed by atoms with Gasteiger partial charge in [0.15, 0.2) is 21.3 Å². The number of anilines is 1. The van der Waals surface area contributed by atoms with Crippen LogP contribution >= 0.6 is 0 Å². The lowest BCUT2D eigenvalue weighted by Gasteiger charge is -2.34. The van der Waals surface area contributed by atoms with Crippen molar-refractivity contribution in [1.82, 2.24) is 9.55 Å². The summed E-state index contributed by atoms with van der Waals surface area (Å²) < 4.78 is 31.8. The van der Waals surface area contributed by atoms with Gasteiger partial charge in [-0.2, -0.15) is 0 Å². The average molecular weight is 495 g/mol. The quantitative estimate of drug-likeness (QED) is 0.462. The van der Waals surface area contributed by atoms with Gasteiger partial charge in [-0.05, 0) is 55.7 Å². The predicted octanol–water partition coefficient (Wildman–Crippen LogP) is 2.87. The minimum atomic E-state index is -3.50. The number of benzene rings is 2. The fraction of sp³-hybridized carbons (Fsp3) is 0.320. The molecule has 0 radical (unpaired) electrons. The van der Waals surface area contributed by atoms with Gasteiger partial charge in [0.1, 0.15) is 11.1 Å². The van der Waals surface area contributed by atoms with E-state index in [2.05, 4.69) is 4.98 Å². The Bertz CT molecular complexity index is 1660. The van der Waals surface area contributed by atoms with E-state index in [0.29, 0.717) is 48.4 Å². The van der Waals surface area contributed by atoms with Crippen LogP contribution in [0.5, 0.6) is 0 Å². The van der Waals surface area contributed by atoms with Crippen LogP contribution < -0.4 is 16.2 Å². The minimum Gasteiger partial charge on any atom is -0.440 e. The van der Waals surface area contributed by atoms with Crippen LogP contribution in [0.2, 0.25) is 0 Å². The molecule has 1 saturated heterocycles. The SMILES string of the molecule is Cc1ccc2oc(C3CCN(c4c(C(N)=O)c(=O)n(C)c5ccc(S(C)(=O)=O)cc45)CC3)nc2c1. The largest absolute Gasteiger partial charge is 0.440 e. The second-order valence-electron chi connectivity index (χ2n) is 9.19. The van der Waals surface area contributed by atoms with Crippen LogP contribution in [0.1, 0.15) is 40.6 Å². The highest BCUT2D eigenvalue weighted by Crippen LogP contribution is 2.36. The van der Waals surface area contributed by atoms with Gasteiger partial charge in [-0.1, -0.05) is 6.07 Å². The van der Waals surface area contributed by atoms with Gasteiger partial charge in [-0.25, -0.2) is 13.4 Å². The summed E-state index contributed by atoms with van der Waals surface area (Å²) in [5.41, 5.74) is 8.60. The van der Waals surface area contributed by atoms with Crippen molar-refractivity contribution < 1.29 is 17.6 Å². The highest BCUT2D eigenvalue weighted by molar-refractivity contribution is 7.90. The molecule has 0 bridgehead atoms. The number of nitrogens with two attached hydrogens (primary N) is 1. The lowest BCUT2D eigenvalue weighted by molar-refractivity contribution is 0.0999. The summed E-state index contributed by atoms with van der Waals surface area (Å²) in [5.74, 6) is -0.0855. The zero-order valence-electron chi connectivity index (χ0n) is 19.7. The van der Waals surface area contributed by atoms with E-state index in [9.17, 15) is 18.0 Å². The maximum Gasteiger partial charge on any atom is 0.265 e. The molecule has 1 aliphatic heterocycles. The van der Waals surface area contributed by atoms with E-state index >= 15 is 0 Å². The molecule has 1 fully saturated rings. The molecule has 1 amide bonds. The summed E-state index contributed by atoms with van der Waals surface area (Å²) in [5, 5.41) is 0.500. The molecule has 4 aromatic rings. The number of nitrogens with zero attached hydrogens (tertiary/aromatic N) is 3. The highest BCUT2D eigenvalue weighted by Gasteiger charge is 2.30. The van der Waals surface area contributed by atoms with Crippen LogP contribution in [0.4, 0.5) is 5.69 Å². The number of oxazole rings is 1. The molecule has 3 heterocycles. The first-order valence-corrected chi connectivity index (χ1v) is 13.2. The second kappa shape index (κ2) is 8.23. The van der Waals surface area contributed by atoms with E-state index in [1.54, 1.807) is 13.1 Å². The third-order valence-corrected chi connectivity index (χ3v) is 7.84. The third-order valence-electron chi connectivity index (χ3n) is 6.73. The molecule has 10 heteroatoms. The molecule has 2 N–H and O–H groups in total. The van der Waals surface area contributed by atoms with Crippen molar-refractivity contribution in [2.75, 3.05) is 24.2 Å². The molecule has 35 heavy (non-hydrogen) atoms. The Hall–Kier alpha value is -3.66. The van der Waals surface area contributed by atoms with Crippen LogP contribution in [0.3, 0.4) is 0 Å². The first kappa shape index (κ1) is 23.1. The van der Waals surface area contributed by atoms with Crippen LogP contribution in [0.15, 0.2) is 50.5 Å². The van der Waals surface area contributed by atoms with Crippen molar-refractivity contribution >= 4 is 43.4 Å². The molecule has 1 aliphatic rings. The molecule has 5 rings (SSSR count). The molecule has 0 saturated carbocycles. The number of hydrogen-bond acceptors (Lipinski definition) is 7.